The molecule has 0 aromatic heterocycles. The van der Waals surface area contributed by atoms with Crippen LogP contribution in [0.15, 0.2) is 164 Å². The number of alkyl carbamates (subject to hydrolysis) is 1. The molecule has 7 nitrogen and oxygen atoms in total. The molecule has 3 atom stereocenters. The molecule has 1 aliphatic rings. The van der Waals surface area contributed by atoms with Gasteiger partial charge in [0.1, 0.15) is 6.61 Å². The van der Waals surface area contributed by atoms with Gasteiger partial charge < -0.3 is 20.1 Å². The molecule has 7 rings (SSSR count). The highest BCUT2D eigenvalue weighted by Crippen LogP contribution is 2.51. The smallest absolute Gasteiger partial charge is 0.407 e. The maximum absolute atomic E-state index is 15.1. The van der Waals surface area contributed by atoms with Crippen LogP contribution in [0.3, 0.4) is 0 Å². The number of nitrogens with one attached hydrogen (secondary N) is 1. The van der Waals surface area contributed by atoms with E-state index in [1.54, 1.807) is 18.0 Å². The van der Waals surface area contributed by atoms with Gasteiger partial charge in [0.2, 0.25) is 5.91 Å². The Morgan fingerprint density at radius 1 is 0.719 bits per heavy atom. The molecule has 2 amide bonds. The van der Waals surface area contributed by atoms with Crippen LogP contribution in [0.5, 0.6) is 0 Å². The summed E-state index contributed by atoms with van der Waals surface area (Å²) in [5.41, 5.74) is 5.88. The van der Waals surface area contributed by atoms with Crippen molar-refractivity contribution in [2.24, 2.45) is 11.8 Å². The molecule has 1 unspecified atom stereocenters. The van der Waals surface area contributed by atoms with Gasteiger partial charge in [0.05, 0.1) is 17.3 Å². The Bertz CT molecular complexity index is 2250. The normalized spacial score (nSPS) is 13.7. The van der Waals surface area contributed by atoms with E-state index in [0.29, 0.717) is 21.7 Å². The Hall–Kier alpha value is -6.18. The summed E-state index contributed by atoms with van der Waals surface area (Å²) >= 11 is 7.06. The SMILES string of the molecule is C[C@@H](CNC(=O)OCC1c2ccccc2-c2ccccc21)N(C)C(=O)C(Cc1ccccc1)[C@@H](C(=O)O)C(c1ccccc1)(c1ccccc1)c1ccccc1Cl. The molecule has 0 radical (unpaired) electrons. The van der Waals surface area contributed by atoms with Crippen LogP contribution in [0.4, 0.5) is 4.79 Å². The molecule has 0 fully saturated rings. The van der Waals surface area contributed by atoms with Crippen molar-refractivity contribution in [2.45, 2.75) is 30.7 Å². The summed E-state index contributed by atoms with van der Waals surface area (Å²) in [7, 11) is 1.66. The zero-order chi connectivity index (χ0) is 39.9. The fraction of sp³-hybridized carbons (Fsp3) is 0.204. The molecule has 0 spiro atoms. The number of aliphatic carboxylic acids is 1. The number of likely N-dealkylation sites (N-methyl/N-ethyl adjacent to an activating group) is 1. The van der Waals surface area contributed by atoms with Crippen molar-refractivity contribution in [1.82, 2.24) is 10.2 Å². The summed E-state index contributed by atoms with van der Waals surface area (Å²) in [5, 5.41) is 14.8. The van der Waals surface area contributed by atoms with Crippen LogP contribution in [-0.4, -0.2) is 54.2 Å². The largest absolute Gasteiger partial charge is 0.481 e. The molecule has 57 heavy (non-hydrogen) atoms. The summed E-state index contributed by atoms with van der Waals surface area (Å²) in [6.45, 7) is 2.07. The first-order chi connectivity index (χ1) is 27.7. The number of carboxylic acids is 1. The van der Waals surface area contributed by atoms with Crippen molar-refractivity contribution < 1.29 is 24.2 Å². The minimum absolute atomic E-state index is 0.0851. The van der Waals surface area contributed by atoms with Crippen molar-refractivity contribution in [1.29, 1.82) is 0 Å². The van der Waals surface area contributed by atoms with E-state index in [4.69, 9.17) is 16.3 Å². The lowest BCUT2D eigenvalue weighted by molar-refractivity contribution is -0.152. The number of rotatable bonds is 14. The minimum Gasteiger partial charge on any atom is -0.481 e. The highest BCUT2D eigenvalue weighted by Gasteiger charge is 2.54. The molecular weight excluding hydrogens is 732 g/mol. The molecule has 0 heterocycles. The first-order valence-corrected chi connectivity index (χ1v) is 19.6. The monoisotopic (exact) mass is 776 g/mol. The van der Waals surface area contributed by atoms with Gasteiger partial charge in [-0.05, 0) is 63.9 Å². The Labute approximate surface area is 338 Å². The van der Waals surface area contributed by atoms with Gasteiger partial charge in [0, 0.05) is 30.6 Å². The van der Waals surface area contributed by atoms with Crippen LogP contribution in [0.2, 0.25) is 5.02 Å². The highest BCUT2D eigenvalue weighted by atomic mass is 35.5. The van der Waals surface area contributed by atoms with E-state index < -0.39 is 35.4 Å². The second kappa shape index (κ2) is 17.3. The van der Waals surface area contributed by atoms with Crippen LogP contribution in [0.1, 0.15) is 46.2 Å². The van der Waals surface area contributed by atoms with E-state index in [2.05, 4.69) is 29.6 Å². The highest BCUT2D eigenvalue weighted by molar-refractivity contribution is 6.31. The van der Waals surface area contributed by atoms with Gasteiger partial charge in [-0.3, -0.25) is 9.59 Å². The van der Waals surface area contributed by atoms with Gasteiger partial charge in [-0.25, -0.2) is 4.79 Å². The van der Waals surface area contributed by atoms with Gasteiger partial charge in [0.25, 0.3) is 0 Å². The lowest BCUT2D eigenvalue weighted by Gasteiger charge is -2.45. The molecule has 6 aromatic rings. The van der Waals surface area contributed by atoms with E-state index in [9.17, 15) is 14.7 Å². The quantitative estimate of drug-likeness (QED) is 0.108. The van der Waals surface area contributed by atoms with Crippen molar-refractivity contribution in [3.63, 3.8) is 0 Å². The third kappa shape index (κ3) is 7.80. The Morgan fingerprint density at radius 3 is 1.75 bits per heavy atom. The predicted molar refractivity (Wildman–Crippen MR) is 224 cm³/mol. The van der Waals surface area contributed by atoms with Gasteiger partial charge in [0.15, 0.2) is 0 Å². The van der Waals surface area contributed by atoms with Crippen LogP contribution in [0, 0.1) is 11.8 Å². The average molecular weight is 777 g/mol. The maximum Gasteiger partial charge on any atom is 0.407 e. The number of hydrogen-bond acceptors (Lipinski definition) is 4. The van der Waals surface area contributed by atoms with Crippen molar-refractivity contribution in [3.05, 3.63) is 202 Å². The van der Waals surface area contributed by atoms with Crippen LogP contribution >= 0.6 is 11.6 Å². The van der Waals surface area contributed by atoms with Gasteiger partial charge >= 0.3 is 12.1 Å². The molecule has 1 aliphatic carbocycles. The Morgan fingerprint density at radius 2 is 1.21 bits per heavy atom. The summed E-state index contributed by atoms with van der Waals surface area (Å²) in [5.74, 6) is -4.03. The second-order valence-electron chi connectivity index (χ2n) is 14.6. The van der Waals surface area contributed by atoms with Crippen molar-refractivity contribution >= 4 is 29.6 Å². The Balaban J connectivity index is 1.19. The number of fused-ring (bicyclic) bond motifs is 3. The summed E-state index contributed by atoms with van der Waals surface area (Å²) in [4.78, 5) is 44.0. The zero-order valence-electron chi connectivity index (χ0n) is 31.9. The van der Waals surface area contributed by atoms with Gasteiger partial charge in [-0.2, -0.15) is 0 Å². The molecule has 288 valence electrons. The van der Waals surface area contributed by atoms with Crippen LogP contribution in [0.25, 0.3) is 11.1 Å². The number of carboxylic acid groups (broad SMARTS) is 1. The topological polar surface area (TPSA) is 95.9 Å². The average Bonchev–Trinajstić information content (AvgIpc) is 3.57. The molecule has 8 heteroatoms. The first kappa shape index (κ1) is 39.1. The van der Waals surface area contributed by atoms with Crippen molar-refractivity contribution in [3.8, 4) is 11.1 Å². The predicted octanol–water partition coefficient (Wildman–Crippen LogP) is 9.62. The fourth-order valence-electron chi connectivity index (χ4n) is 8.56. The van der Waals surface area contributed by atoms with E-state index in [-0.39, 0.29) is 31.4 Å². The number of nitrogens with zero attached hydrogens (tertiary/aromatic N) is 1. The summed E-state index contributed by atoms with van der Waals surface area (Å²) in [6, 6.07) is 51.4. The lowest BCUT2D eigenvalue weighted by atomic mass is 9.57. The molecule has 0 saturated carbocycles. The number of benzene rings is 6. The molecule has 0 saturated heterocycles. The Kier molecular flexibility index (Phi) is 11.9. The zero-order valence-corrected chi connectivity index (χ0v) is 32.7. The molecule has 6 aromatic carbocycles. The standard InChI is InChI=1S/C49H45ClN2O5/c1-33(31-51-48(56)57-32-42-39-26-14-12-24-37(39)38-25-13-15-27-40(38)42)52(2)46(53)41(30-34-18-6-3-7-19-34)45(47(54)55)49(35-20-8-4-9-21-35,36-22-10-5-11-23-36)43-28-16-17-29-44(43)50/h3-29,33,41-42,45H,30-32H2,1-2H3,(H,51,56)(H,54,55)/t33-,41?,45-/m0/s1. The number of carbonyl (C=O) groups is 3. The molecule has 0 aliphatic heterocycles. The van der Waals surface area contributed by atoms with E-state index in [0.717, 1.165) is 27.8 Å². The number of amides is 2. The molecule has 2 N–H and O–H groups in total. The van der Waals surface area contributed by atoms with Crippen molar-refractivity contribution in [2.75, 3.05) is 20.2 Å². The van der Waals surface area contributed by atoms with E-state index in [1.807, 2.05) is 140 Å². The molecule has 0 bridgehead atoms. The van der Waals surface area contributed by atoms with Gasteiger partial charge in [-0.15, -0.1) is 0 Å². The minimum atomic E-state index is -1.40. The number of halogens is 1. The summed E-state index contributed by atoms with van der Waals surface area (Å²) < 4.78 is 5.79. The van der Waals surface area contributed by atoms with E-state index in [1.165, 1.54) is 0 Å². The summed E-state index contributed by atoms with van der Waals surface area (Å²) in [6.07, 6.45) is -0.459. The van der Waals surface area contributed by atoms with Crippen LogP contribution in [-0.2, 0) is 26.2 Å². The third-order valence-corrected chi connectivity index (χ3v) is 11.7. The lowest BCUT2D eigenvalue weighted by Crippen LogP contribution is -2.53. The second-order valence-corrected chi connectivity index (χ2v) is 15.0. The number of hydrogen-bond donors (Lipinski definition) is 2. The van der Waals surface area contributed by atoms with Gasteiger partial charge in [-0.1, -0.05) is 169 Å². The molecular formula is C49H45ClN2O5. The van der Waals surface area contributed by atoms with Crippen LogP contribution < -0.4 is 5.32 Å². The van der Waals surface area contributed by atoms with E-state index >= 15 is 4.79 Å². The fourth-order valence-corrected chi connectivity index (χ4v) is 8.84. The number of carbonyl (C=O) groups excluding carboxylic acids is 2. The maximum atomic E-state index is 15.1. The number of ether oxygens (including phenoxy) is 1. The first-order valence-electron chi connectivity index (χ1n) is 19.2. The third-order valence-electron chi connectivity index (χ3n) is 11.4.